The summed E-state index contributed by atoms with van der Waals surface area (Å²) in [7, 11) is 0. The third-order valence-electron chi connectivity index (χ3n) is 3.74. The Labute approximate surface area is 131 Å². The Bertz CT molecular complexity index is 969. The summed E-state index contributed by atoms with van der Waals surface area (Å²) in [5.74, 6) is 0.970. The monoisotopic (exact) mass is 336 g/mol. The number of para-hydroxylation sites is 1. The van der Waals surface area contributed by atoms with E-state index in [1.165, 1.54) is 16.5 Å². The third kappa shape index (κ3) is 1.96. The van der Waals surface area contributed by atoms with E-state index in [2.05, 4.69) is 87.9 Å². The molecule has 0 radical (unpaired) electrons. The van der Waals surface area contributed by atoms with E-state index < -0.39 is 0 Å². The highest BCUT2D eigenvalue weighted by atomic mass is 79.9. The molecule has 102 valence electrons. The molecule has 4 aromatic rings. The molecule has 0 aliphatic heterocycles. The highest BCUT2D eigenvalue weighted by Crippen LogP contribution is 2.30. The van der Waals surface area contributed by atoms with Gasteiger partial charge in [-0.05, 0) is 46.4 Å². The summed E-state index contributed by atoms with van der Waals surface area (Å²) in [5, 5.41) is 1.21. The molecule has 2 heterocycles. The molecule has 0 N–H and O–H groups in total. The number of hydrogen-bond donors (Lipinski definition) is 0. The van der Waals surface area contributed by atoms with Crippen molar-refractivity contribution >= 4 is 32.3 Å². The van der Waals surface area contributed by atoms with Crippen LogP contribution < -0.4 is 0 Å². The van der Waals surface area contributed by atoms with Gasteiger partial charge in [-0.2, -0.15) is 0 Å². The number of fused-ring (bicyclic) bond motifs is 3. The molecule has 21 heavy (non-hydrogen) atoms. The lowest BCUT2D eigenvalue weighted by Crippen LogP contribution is -1.92. The lowest BCUT2D eigenvalue weighted by atomic mass is 10.1. The van der Waals surface area contributed by atoms with Gasteiger partial charge in [0.2, 0.25) is 0 Å². The van der Waals surface area contributed by atoms with E-state index in [1.54, 1.807) is 0 Å². The summed E-state index contributed by atoms with van der Waals surface area (Å²) < 4.78 is 3.10. The smallest absolute Gasteiger partial charge is 0.146 e. The summed E-state index contributed by atoms with van der Waals surface area (Å²) in [6.07, 6.45) is 0. The van der Waals surface area contributed by atoms with Gasteiger partial charge in [-0.3, -0.25) is 4.40 Å². The maximum absolute atomic E-state index is 4.73. The molecule has 2 aromatic carbocycles. The molecule has 3 heteroatoms. The van der Waals surface area contributed by atoms with Crippen LogP contribution in [0.1, 0.15) is 5.56 Å². The van der Waals surface area contributed by atoms with E-state index in [0.29, 0.717) is 0 Å². The van der Waals surface area contributed by atoms with Crippen LogP contribution in [0.25, 0.3) is 27.8 Å². The number of rotatable bonds is 1. The topological polar surface area (TPSA) is 17.3 Å². The van der Waals surface area contributed by atoms with Crippen molar-refractivity contribution in [3.05, 3.63) is 70.8 Å². The van der Waals surface area contributed by atoms with Crippen LogP contribution in [0.4, 0.5) is 0 Å². The number of imidazole rings is 1. The van der Waals surface area contributed by atoms with E-state index in [9.17, 15) is 0 Å². The Hall–Kier alpha value is -2.13. The number of aryl methyl sites for hydroxylation is 1. The molecular weight excluding hydrogens is 324 g/mol. The van der Waals surface area contributed by atoms with Gasteiger partial charge in [-0.15, -0.1) is 0 Å². The highest BCUT2D eigenvalue weighted by Gasteiger charge is 2.13. The second-order valence-electron chi connectivity index (χ2n) is 5.21. The van der Waals surface area contributed by atoms with Crippen LogP contribution in [-0.2, 0) is 0 Å². The van der Waals surface area contributed by atoms with Gasteiger partial charge in [0.15, 0.2) is 0 Å². The predicted octanol–water partition coefficient (Wildman–Crippen LogP) is 5.23. The maximum atomic E-state index is 4.73. The summed E-state index contributed by atoms with van der Waals surface area (Å²) in [6.45, 7) is 2.10. The number of pyridine rings is 1. The van der Waals surface area contributed by atoms with E-state index in [0.717, 1.165) is 21.5 Å². The van der Waals surface area contributed by atoms with Crippen molar-refractivity contribution in [2.45, 2.75) is 6.92 Å². The lowest BCUT2D eigenvalue weighted by Gasteiger charge is -2.06. The maximum Gasteiger partial charge on any atom is 0.146 e. The third-order valence-corrected chi connectivity index (χ3v) is 4.33. The minimum Gasteiger partial charge on any atom is -0.291 e. The van der Waals surface area contributed by atoms with Crippen molar-refractivity contribution in [3.63, 3.8) is 0 Å². The first kappa shape index (κ1) is 12.6. The molecule has 0 bridgehead atoms. The van der Waals surface area contributed by atoms with Crippen LogP contribution in [-0.4, -0.2) is 9.38 Å². The Morgan fingerprint density at radius 1 is 0.905 bits per heavy atom. The molecule has 4 rings (SSSR count). The van der Waals surface area contributed by atoms with Crippen LogP contribution >= 0.6 is 15.9 Å². The minimum absolute atomic E-state index is 0.879. The van der Waals surface area contributed by atoms with Crippen LogP contribution in [0.15, 0.2) is 65.3 Å². The second kappa shape index (κ2) is 4.71. The average Bonchev–Trinajstić information content (AvgIpc) is 2.85. The molecule has 0 aliphatic rings. The van der Waals surface area contributed by atoms with Gasteiger partial charge in [0.1, 0.15) is 10.4 Å². The summed E-state index contributed by atoms with van der Waals surface area (Å²) >= 11 is 3.59. The molecule has 2 aromatic heterocycles. The fraction of sp³-hybridized carbons (Fsp3) is 0.0556. The van der Waals surface area contributed by atoms with Crippen LogP contribution in [0, 0.1) is 6.92 Å². The van der Waals surface area contributed by atoms with Gasteiger partial charge >= 0.3 is 0 Å². The van der Waals surface area contributed by atoms with E-state index in [1.807, 2.05) is 0 Å². The first-order chi connectivity index (χ1) is 10.2. The molecule has 0 saturated carbocycles. The number of nitrogens with zero attached hydrogens (tertiary/aromatic N) is 2. The SMILES string of the molecule is Cc1cccc(-c2nc(Br)c3ccc4ccccc4n23)c1. The highest BCUT2D eigenvalue weighted by molar-refractivity contribution is 9.10. The average molecular weight is 337 g/mol. The molecular formula is C18H13BrN2. The number of benzene rings is 2. The van der Waals surface area contributed by atoms with Gasteiger partial charge in [-0.25, -0.2) is 4.98 Å². The molecule has 0 fully saturated rings. The first-order valence-electron chi connectivity index (χ1n) is 6.87. The summed E-state index contributed by atoms with van der Waals surface area (Å²) in [6, 6.07) is 21.1. The van der Waals surface area contributed by atoms with Crippen molar-refractivity contribution in [2.75, 3.05) is 0 Å². The van der Waals surface area contributed by atoms with Crippen LogP contribution in [0.2, 0.25) is 0 Å². The molecule has 0 saturated heterocycles. The van der Waals surface area contributed by atoms with E-state index >= 15 is 0 Å². The van der Waals surface area contributed by atoms with Gasteiger partial charge in [-0.1, -0.05) is 48.0 Å². The zero-order valence-electron chi connectivity index (χ0n) is 11.5. The minimum atomic E-state index is 0.879. The Morgan fingerprint density at radius 3 is 2.62 bits per heavy atom. The standard InChI is InChI=1S/C18H13BrN2/c1-12-5-4-7-14(11-12)18-20-17(19)16-10-9-13-6-2-3-8-15(13)21(16)18/h2-11H,1H3. The summed E-state index contributed by atoms with van der Waals surface area (Å²) in [5.41, 5.74) is 4.63. The summed E-state index contributed by atoms with van der Waals surface area (Å²) in [4.78, 5) is 4.73. The van der Waals surface area contributed by atoms with Gasteiger partial charge in [0.25, 0.3) is 0 Å². The van der Waals surface area contributed by atoms with E-state index in [-0.39, 0.29) is 0 Å². The molecule has 0 atom stereocenters. The number of halogens is 1. The van der Waals surface area contributed by atoms with Gasteiger partial charge in [0, 0.05) is 5.56 Å². The van der Waals surface area contributed by atoms with Crippen LogP contribution in [0.3, 0.4) is 0 Å². The Balaban J connectivity index is 2.16. The molecule has 2 nitrogen and oxygen atoms in total. The van der Waals surface area contributed by atoms with Crippen molar-refractivity contribution in [2.24, 2.45) is 0 Å². The van der Waals surface area contributed by atoms with Crippen molar-refractivity contribution < 1.29 is 0 Å². The lowest BCUT2D eigenvalue weighted by molar-refractivity contribution is 1.21. The quantitative estimate of drug-likeness (QED) is 0.465. The normalized spacial score (nSPS) is 11.3. The molecule has 0 amide bonds. The molecule has 0 aliphatic carbocycles. The van der Waals surface area contributed by atoms with Crippen LogP contribution in [0.5, 0.6) is 0 Å². The van der Waals surface area contributed by atoms with E-state index in [4.69, 9.17) is 4.98 Å². The zero-order valence-corrected chi connectivity index (χ0v) is 13.1. The fourth-order valence-electron chi connectivity index (χ4n) is 2.77. The van der Waals surface area contributed by atoms with Crippen molar-refractivity contribution in [3.8, 4) is 11.4 Å². The molecule has 0 spiro atoms. The number of aromatic nitrogens is 2. The second-order valence-corrected chi connectivity index (χ2v) is 5.96. The Kier molecular flexibility index (Phi) is 2.82. The number of hydrogen-bond acceptors (Lipinski definition) is 1. The Morgan fingerprint density at radius 2 is 1.76 bits per heavy atom. The fourth-order valence-corrected chi connectivity index (χ4v) is 3.25. The largest absolute Gasteiger partial charge is 0.291 e. The predicted molar refractivity (Wildman–Crippen MR) is 90.6 cm³/mol. The first-order valence-corrected chi connectivity index (χ1v) is 7.66. The van der Waals surface area contributed by atoms with Gasteiger partial charge in [0.05, 0.1) is 11.0 Å². The van der Waals surface area contributed by atoms with Crippen molar-refractivity contribution in [1.82, 2.24) is 9.38 Å². The zero-order chi connectivity index (χ0) is 14.4. The van der Waals surface area contributed by atoms with Crippen molar-refractivity contribution in [1.29, 1.82) is 0 Å². The van der Waals surface area contributed by atoms with Gasteiger partial charge < -0.3 is 0 Å². The molecule has 0 unspecified atom stereocenters.